The summed E-state index contributed by atoms with van der Waals surface area (Å²) in [5, 5.41) is 0. The summed E-state index contributed by atoms with van der Waals surface area (Å²) in [7, 11) is 0. The van der Waals surface area contributed by atoms with E-state index in [9.17, 15) is 4.79 Å². The molecule has 1 saturated heterocycles. The zero-order valence-corrected chi connectivity index (χ0v) is 16.7. The van der Waals surface area contributed by atoms with Crippen LogP contribution in [0.25, 0.3) is 11.3 Å². The first-order chi connectivity index (χ1) is 14.1. The number of carbonyl (C=O) groups is 1. The summed E-state index contributed by atoms with van der Waals surface area (Å²) in [5.74, 6) is -0.216. The van der Waals surface area contributed by atoms with E-state index in [0.717, 1.165) is 36.2 Å². The third kappa shape index (κ3) is 4.03. The fourth-order valence-corrected chi connectivity index (χ4v) is 3.66. The monoisotopic (exact) mass is 388 g/mol. The van der Waals surface area contributed by atoms with Crippen molar-refractivity contribution in [3.05, 3.63) is 71.9 Å². The Morgan fingerprint density at radius 2 is 1.86 bits per heavy atom. The molecule has 3 aromatic rings. The number of aromatic nitrogens is 3. The zero-order valence-electron chi connectivity index (χ0n) is 16.7. The quantitative estimate of drug-likeness (QED) is 0.665. The summed E-state index contributed by atoms with van der Waals surface area (Å²) in [6.07, 6.45) is 5.85. The Kier molecular flexibility index (Phi) is 5.62. The average molecular weight is 388 g/mol. The van der Waals surface area contributed by atoms with Crippen molar-refractivity contribution in [3.63, 3.8) is 0 Å². The maximum absolute atomic E-state index is 13.7. The van der Waals surface area contributed by atoms with Gasteiger partial charge in [-0.2, -0.15) is 0 Å². The standard InChI is InChI=1S/C23H24N4O2/c1-16-21(18-9-4-3-5-10-18)26-22(17(2)25-16)23(28)27(19-11-8-13-24-15-19)20-12-6-7-14-29-20/h3-5,8-11,13,15,20H,6-7,12,14H2,1-2H3. The molecule has 0 radical (unpaired) electrons. The molecule has 0 spiro atoms. The Labute approximate surface area is 170 Å². The van der Waals surface area contributed by atoms with E-state index < -0.39 is 0 Å². The number of pyridine rings is 1. The Bertz CT molecular complexity index is 987. The lowest BCUT2D eigenvalue weighted by Crippen LogP contribution is -2.44. The molecule has 0 aliphatic carbocycles. The molecule has 6 heteroatoms. The second-order valence-corrected chi connectivity index (χ2v) is 7.17. The number of hydrogen-bond acceptors (Lipinski definition) is 5. The van der Waals surface area contributed by atoms with Crippen molar-refractivity contribution in [2.75, 3.05) is 11.5 Å². The van der Waals surface area contributed by atoms with Gasteiger partial charge in [-0.15, -0.1) is 0 Å². The van der Waals surface area contributed by atoms with Gasteiger partial charge in [-0.25, -0.2) is 4.98 Å². The molecule has 1 atom stereocenters. The van der Waals surface area contributed by atoms with Crippen LogP contribution in [0.1, 0.15) is 41.1 Å². The number of hydrogen-bond donors (Lipinski definition) is 0. The molecule has 0 saturated carbocycles. The van der Waals surface area contributed by atoms with Crippen LogP contribution in [0, 0.1) is 13.8 Å². The van der Waals surface area contributed by atoms with E-state index in [1.54, 1.807) is 17.3 Å². The number of anilines is 1. The molecule has 1 aliphatic rings. The predicted molar refractivity (Wildman–Crippen MR) is 112 cm³/mol. The Morgan fingerprint density at radius 3 is 2.55 bits per heavy atom. The highest BCUT2D eigenvalue weighted by atomic mass is 16.5. The second kappa shape index (κ2) is 8.49. The van der Waals surface area contributed by atoms with Gasteiger partial charge in [0.1, 0.15) is 6.23 Å². The minimum atomic E-state index is -0.330. The highest BCUT2D eigenvalue weighted by molar-refractivity contribution is 6.06. The van der Waals surface area contributed by atoms with Crippen LogP contribution in [0.5, 0.6) is 0 Å². The Balaban J connectivity index is 1.78. The van der Waals surface area contributed by atoms with Crippen LogP contribution in [0.4, 0.5) is 5.69 Å². The summed E-state index contributed by atoms with van der Waals surface area (Å²) < 4.78 is 5.94. The SMILES string of the molecule is Cc1nc(C)c(-c2ccccc2)nc1C(=O)N(c1cccnc1)C1CCCCO1. The van der Waals surface area contributed by atoms with Gasteiger partial charge in [0, 0.05) is 18.4 Å². The highest BCUT2D eigenvalue weighted by Crippen LogP contribution is 2.27. The van der Waals surface area contributed by atoms with Crippen molar-refractivity contribution in [1.82, 2.24) is 15.0 Å². The Hall–Kier alpha value is -3.12. The van der Waals surface area contributed by atoms with Crippen molar-refractivity contribution in [2.45, 2.75) is 39.3 Å². The molecule has 0 bridgehead atoms. The Morgan fingerprint density at radius 1 is 1.03 bits per heavy atom. The van der Waals surface area contributed by atoms with Crippen LogP contribution in [0.3, 0.4) is 0 Å². The first-order valence-electron chi connectivity index (χ1n) is 9.91. The number of ether oxygens (including phenoxy) is 1. The van der Waals surface area contributed by atoms with E-state index in [-0.39, 0.29) is 12.1 Å². The molecule has 148 valence electrons. The first kappa shape index (κ1) is 19.2. The number of aryl methyl sites for hydroxylation is 2. The molecular weight excluding hydrogens is 364 g/mol. The number of carbonyl (C=O) groups excluding carboxylic acids is 1. The number of nitrogens with zero attached hydrogens (tertiary/aromatic N) is 4. The summed E-state index contributed by atoms with van der Waals surface area (Å²) >= 11 is 0. The molecule has 2 aromatic heterocycles. The van der Waals surface area contributed by atoms with E-state index in [1.165, 1.54) is 0 Å². The van der Waals surface area contributed by atoms with Crippen molar-refractivity contribution in [3.8, 4) is 11.3 Å². The van der Waals surface area contributed by atoms with Crippen LogP contribution in [0.2, 0.25) is 0 Å². The normalized spacial score (nSPS) is 16.4. The summed E-state index contributed by atoms with van der Waals surface area (Å²) in [4.78, 5) is 28.9. The van der Waals surface area contributed by atoms with Gasteiger partial charge in [-0.1, -0.05) is 30.3 Å². The van der Waals surface area contributed by atoms with E-state index in [1.807, 2.05) is 56.3 Å². The van der Waals surface area contributed by atoms with Crippen molar-refractivity contribution in [1.29, 1.82) is 0 Å². The van der Waals surface area contributed by atoms with Crippen molar-refractivity contribution < 1.29 is 9.53 Å². The number of rotatable bonds is 4. The fourth-order valence-electron chi connectivity index (χ4n) is 3.66. The maximum Gasteiger partial charge on any atom is 0.280 e. The predicted octanol–water partition coefficient (Wildman–Crippen LogP) is 4.33. The van der Waals surface area contributed by atoms with Crippen LogP contribution >= 0.6 is 0 Å². The number of benzene rings is 1. The molecule has 1 aromatic carbocycles. The van der Waals surface area contributed by atoms with Gasteiger partial charge in [-0.3, -0.25) is 19.7 Å². The fraction of sp³-hybridized carbons (Fsp3) is 0.304. The molecule has 6 nitrogen and oxygen atoms in total. The van der Waals surface area contributed by atoms with Gasteiger partial charge in [0.25, 0.3) is 5.91 Å². The van der Waals surface area contributed by atoms with E-state index in [2.05, 4.69) is 9.97 Å². The minimum Gasteiger partial charge on any atom is -0.358 e. The third-order valence-electron chi connectivity index (χ3n) is 5.08. The molecular formula is C23H24N4O2. The largest absolute Gasteiger partial charge is 0.358 e. The second-order valence-electron chi connectivity index (χ2n) is 7.17. The minimum absolute atomic E-state index is 0.216. The van der Waals surface area contributed by atoms with Gasteiger partial charge in [0.2, 0.25) is 0 Å². The number of amides is 1. The van der Waals surface area contributed by atoms with Crippen LogP contribution in [0.15, 0.2) is 54.9 Å². The molecule has 1 fully saturated rings. The van der Waals surface area contributed by atoms with Gasteiger partial charge < -0.3 is 4.74 Å². The van der Waals surface area contributed by atoms with E-state index in [4.69, 9.17) is 9.72 Å². The van der Waals surface area contributed by atoms with Crippen LogP contribution in [-0.2, 0) is 4.74 Å². The van der Waals surface area contributed by atoms with Gasteiger partial charge in [0.15, 0.2) is 5.69 Å². The molecule has 1 aliphatic heterocycles. The summed E-state index contributed by atoms with van der Waals surface area (Å²) in [6, 6.07) is 13.5. The molecule has 1 unspecified atom stereocenters. The third-order valence-corrected chi connectivity index (χ3v) is 5.08. The topological polar surface area (TPSA) is 68.2 Å². The molecule has 0 N–H and O–H groups in total. The lowest BCUT2D eigenvalue weighted by Gasteiger charge is -2.34. The maximum atomic E-state index is 13.7. The molecule has 4 rings (SSSR count). The van der Waals surface area contributed by atoms with E-state index >= 15 is 0 Å². The smallest absolute Gasteiger partial charge is 0.280 e. The lowest BCUT2D eigenvalue weighted by molar-refractivity contribution is 0.0143. The molecule has 3 heterocycles. The molecule has 1 amide bonds. The van der Waals surface area contributed by atoms with Gasteiger partial charge in [-0.05, 0) is 45.2 Å². The first-order valence-corrected chi connectivity index (χ1v) is 9.91. The van der Waals surface area contributed by atoms with Crippen molar-refractivity contribution >= 4 is 11.6 Å². The molecule has 29 heavy (non-hydrogen) atoms. The summed E-state index contributed by atoms with van der Waals surface area (Å²) in [6.45, 7) is 4.38. The zero-order chi connectivity index (χ0) is 20.2. The van der Waals surface area contributed by atoms with Crippen LogP contribution < -0.4 is 4.90 Å². The van der Waals surface area contributed by atoms with Gasteiger partial charge in [0.05, 0.1) is 29.0 Å². The average Bonchev–Trinajstić information content (AvgIpc) is 2.76. The van der Waals surface area contributed by atoms with Crippen molar-refractivity contribution in [2.24, 2.45) is 0 Å². The van der Waals surface area contributed by atoms with Crippen LogP contribution in [-0.4, -0.2) is 33.7 Å². The lowest BCUT2D eigenvalue weighted by atomic mass is 10.1. The highest BCUT2D eigenvalue weighted by Gasteiger charge is 2.31. The van der Waals surface area contributed by atoms with E-state index in [0.29, 0.717) is 23.7 Å². The summed E-state index contributed by atoms with van der Waals surface area (Å²) in [5.41, 5.74) is 4.10. The van der Waals surface area contributed by atoms with Gasteiger partial charge >= 0.3 is 0 Å².